The Hall–Kier alpha value is -3.55. The Balaban J connectivity index is 1.96. The number of rotatable bonds is 7. The van der Waals surface area contributed by atoms with Crippen LogP contribution in [0.25, 0.3) is 0 Å². The van der Waals surface area contributed by atoms with Crippen LogP contribution in [0.4, 0.5) is 11.4 Å². The molecule has 0 aliphatic carbocycles. The molecule has 0 fully saturated rings. The number of amides is 2. The summed E-state index contributed by atoms with van der Waals surface area (Å²) < 4.78 is 14.9. The third-order valence-electron chi connectivity index (χ3n) is 3.56. The van der Waals surface area contributed by atoms with E-state index in [-0.39, 0.29) is 0 Å². The van der Waals surface area contributed by atoms with Crippen LogP contribution < -0.4 is 20.1 Å². The minimum absolute atomic E-state index is 0.296. The van der Waals surface area contributed by atoms with E-state index in [2.05, 4.69) is 15.4 Å². The van der Waals surface area contributed by atoms with E-state index in [1.165, 1.54) is 27.4 Å². The van der Waals surface area contributed by atoms with E-state index < -0.39 is 24.2 Å². The zero-order valence-corrected chi connectivity index (χ0v) is 15.2. The quantitative estimate of drug-likeness (QED) is 0.572. The number of anilines is 2. The highest BCUT2D eigenvalue weighted by Gasteiger charge is 2.13. The van der Waals surface area contributed by atoms with Gasteiger partial charge < -0.3 is 24.8 Å². The lowest BCUT2D eigenvalue weighted by Gasteiger charge is -2.11. The van der Waals surface area contributed by atoms with Crippen molar-refractivity contribution >= 4 is 29.2 Å². The maximum absolute atomic E-state index is 12.1. The number of carbonyl (C=O) groups excluding carboxylic acids is 3. The fraction of sp³-hybridized carbons (Fsp3) is 0.211. The van der Waals surface area contributed by atoms with Gasteiger partial charge in [0.1, 0.15) is 6.42 Å². The van der Waals surface area contributed by atoms with Gasteiger partial charge in [0.2, 0.25) is 11.8 Å². The van der Waals surface area contributed by atoms with Gasteiger partial charge in [0, 0.05) is 17.4 Å². The third kappa shape index (κ3) is 5.46. The molecule has 142 valence electrons. The first-order chi connectivity index (χ1) is 13.0. The first-order valence-electron chi connectivity index (χ1n) is 7.97. The van der Waals surface area contributed by atoms with Gasteiger partial charge in [0.15, 0.2) is 11.5 Å². The Morgan fingerprint density at radius 1 is 0.815 bits per heavy atom. The third-order valence-corrected chi connectivity index (χ3v) is 3.56. The maximum Gasteiger partial charge on any atom is 0.337 e. The molecule has 0 saturated carbocycles. The SMILES string of the molecule is COC(=O)c1cccc(NC(=O)CC(=O)Nc2ccc(OC)c(OC)c2)c1. The van der Waals surface area contributed by atoms with E-state index in [0.717, 1.165) is 0 Å². The van der Waals surface area contributed by atoms with Gasteiger partial charge in [-0.15, -0.1) is 0 Å². The number of methoxy groups -OCH3 is 3. The molecule has 0 unspecified atom stereocenters. The molecule has 0 saturated heterocycles. The molecule has 0 aliphatic heterocycles. The van der Waals surface area contributed by atoms with Crippen LogP contribution in [0, 0.1) is 0 Å². The van der Waals surface area contributed by atoms with Gasteiger partial charge in [0.05, 0.1) is 26.9 Å². The van der Waals surface area contributed by atoms with E-state index in [1.54, 1.807) is 36.4 Å². The first-order valence-corrected chi connectivity index (χ1v) is 7.97. The van der Waals surface area contributed by atoms with Crippen molar-refractivity contribution in [2.75, 3.05) is 32.0 Å². The summed E-state index contributed by atoms with van der Waals surface area (Å²) in [6.07, 6.45) is -0.392. The highest BCUT2D eigenvalue weighted by molar-refractivity contribution is 6.08. The minimum atomic E-state index is -0.519. The summed E-state index contributed by atoms with van der Waals surface area (Å²) >= 11 is 0. The van der Waals surface area contributed by atoms with E-state index in [4.69, 9.17) is 9.47 Å². The number of esters is 1. The Labute approximate surface area is 156 Å². The van der Waals surface area contributed by atoms with Gasteiger partial charge in [-0.25, -0.2) is 4.79 Å². The number of benzene rings is 2. The average molecular weight is 372 g/mol. The lowest BCUT2D eigenvalue weighted by molar-refractivity contribution is -0.123. The summed E-state index contributed by atoms with van der Waals surface area (Å²) in [6, 6.07) is 11.1. The van der Waals surface area contributed by atoms with E-state index >= 15 is 0 Å². The molecule has 0 bridgehead atoms. The zero-order valence-electron chi connectivity index (χ0n) is 15.2. The molecule has 0 spiro atoms. The molecule has 0 aromatic heterocycles. The maximum atomic E-state index is 12.1. The van der Waals surface area contributed by atoms with E-state index in [1.807, 2.05) is 0 Å². The van der Waals surface area contributed by atoms with Crippen molar-refractivity contribution in [3.05, 3.63) is 48.0 Å². The van der Waals surface area contributed by atoms with Crippen molar-refractivity contribution in [2.45, 2.75) is 6.42 Å². The lowest BCUT2D eigenvalue weighted by Crippen LogP contribution is -2.21. The van der Waals surface area contributed by atoms with Crippen LogP contribution in [0.3, 0.4) is 0 Å². The number of hydrogen-bond acceptors (Lipinski definition) is 6. The molecule has 8 nitrogen and oxygen atoms in total. The molecule has 0 radical (unpaired) electrons. The molecule has 0 atom stereocenters. The fourth-order valence-corrected chi connectivity index (χ4v) is 2.31. The second-order valence-corrected chi connectivity index (χ2v) is 5.42. The zero-order chi connectivity index (χ0) is 19.8. The smallest absolute Gasteiger partial charge is 0.337 e. The summed E-state index contributed by atoms with van der Waals surface area (Å²) in [7, 11) is 4.26. The second kappa shape index (κ2) is 9.23. The van der Waals surface area contributed by atoms with Crippen molar-refractivity contribution in [3.63, 3.8) is 0 Å². The largest absolute Gasteiger partial charge is 0.493 e. The summed E-state index contributed by atoms with van der Waals surface area (Å²) in [5.41, 5.74) is 1.16. The molecule has 2 rings (SSSR count). The number of carbonyl (C=O) groups is 3. The van der Waals surface area contributed by atoms with Crippen LogP contribution in [0.5, 0.6) is 11.5 Å². The van der Waals surface area contributed by atoms with Crippen molar-refractivity contribution in [3.8, 4) is 11.5 Å². The van der Waals surface area contributed by atoms with Gasteiger partial charge in [0.25, 0.3) is 0 Å². The summed E-state index contributed by atoms with van der Waals surface area (Å²) in [5.74, 6) is -0.547. The Kier molecular flexibility index (Phi) is 6.76. The van der Waals surface area contributed by atoms with Gasteiger partial charge in [-0.05, 0) is 30.3 Å². The fourth-order valence-electron chi connectivity index (χ4n) is 2.31. The Morgan fingerprint density at radius 3 is 2.04 bits per heavy atom. The average Bonchev–Trinajstić information content (AvgIpc) is 2.67. The van der Waals surface area contributed by atoms with E-state index in [0.29, 0.717) is 28.4 Å². The number of ether oxygens (including phenoxy) is 3. The van der Waals surface area contributed by atoms with Crippen molar-refractivity contribution in [1.82, 2.24) is 0 Å². The van der Waals surface area contributed by atoms with Gasteiger partial charge in [-0.3, -0.25) is 9.59 Å². The predicted molar refractivity (Wildman–Crippen MR) is 99.2 cm³/mol. The molecule has 2 aromatic rings. The Morgan fingerprint density at radius 2 is 1.44 bits per heavy atom. The summed E-state index contributed by atoms with van der Waals surface area (Å²) in [6.45, 7) is 0. The molecule has 2 aromatic carbocycles. The summed E-state index contributed by atoms with van der Waals surface area (Å²) in [4.78, 5) is 35.6. The standard InChI is InChI=1S/C19H20N2O6/c1-25-15-8-7-14(10-16(15)26-2)21-18(23)11-17(22)20-13-6-4-5-12(9-13)19(24)27-3/h4-10H,11H2,1-3H3,(H,20,22)(H,21,23). The van der Waals surface area contributed by atoms with Crippen LogP contribution >= 0.6 is 0 Å². The predicted octanol–water partition coefficient (Wildman–Crippen LogP) is 2.46. The van der Waals surface area contributed by atoms with Crippen LogP contribution in [0.15, 0.2) is 42.5 Å². The first kappa shape index (κ1) is 19.8. The molecule has 2 amide bonds. The molecule has 8 heteroatoms. The van der Waals surface area contributed by atoms with Crippen LogP contribution in [0.2, 0.25) is 0 Å². The number of nitrogens with one attached hydrogen (secondary N) is 2. The Bertz CT molecular complexity index is 850. The highest BCUT2D eigenvalue weighted by atomic mass is 16.5. The molecule has 27 heavy (non-hydrogen) atoms. The van der Waals surface area contributed by atoms with Crippen LogP contribution in [0.1, 0.15) is 16.8 Å². The second-order valence-electron chi connectivity index (χ2n) is 5.42. The monoisotopic (exact) mass is 372 g/mol. The van der Waals surface area contributed by atoms with Crippen LogP contribution in [-0.4, -0.2) is 39.1 Å². The molecule has 0 aliphatic rings. The summed E-state index contributed by atoms with van der Waals surface area (Å²) in [5, 5.41) is 5.18. The van der Waals surface area contributed by atoms with Crippen molar-refractivity contribution < 1.29 is 28.6 Å². The lowest BCUT2D eigenvalue weighted by atomic mass is 10.2. The van der Waals surface area contributed by atoms with Crippen molar-refractivity contribution in [2.24, 2.45) is 0 Å². The minimum Gasteiger partial charge on any atom is -0.493 e. The molecule has 0 heterocycles. The van der Waals surface area contributed by atoms with Gasteiger partial charge in [-0.1, -0.05) is 6.07 Å². The number of hydrogen-bond donors (Lipinski definition) is 2. The van der Waals surface area contributed by atoms with Crippen molar-refractivity contribution in [1.29, 1.82) is 0 Å². The highest BCUT2D eigenvalue weighted by Crippen LogP contribution is 2.29. The molecular weight excluding hydrogens is 352 g/mol. The van der Waals surface area contributed by atoms with Gasteiger partial charge >= 0.3 is 5.97 Å². The van der Waals surface area contributed by atoms with Gasteiger partial charge in [-0.2, -0.15) is 0 Å². The van der Waals surface area contributed by atoms with E-state index in [9.17, 15) is 14.4 Å². The van der Waals surface area contributed by atoms with Crippen LogP contribution in [-0.2, 0) is 14.3 Å². The topological polar surface area (TPSA) is 103 Å². The molecular formula is C19H20N2O6. The normalized spacial score (nSPS) is 9.89. The molecule has 2 N–H and O–H groups in total.